The summed E-state index contributed by atoms with van der Waals surface area (Å²) in [6.07, 6.45) is -4.90. The number of piperazine rings is 1. The standard InChI is InChI=1S/C16H22F4N2O/c1-15(2,3)14(22-8-6-21-7-9-22)11-4-5-13(12(17)10-11)23-16(18,19)20/h4-5,10,14,21H,6-9H2,1-3H3/t14-/m1/s1. The van der Waals surface area contributed by atoms with Gasteiger partial charge in [-0.05, 0) is 23.1 Å². The zero-order valence-electron chi connectivity index (χ0n) is 13.5. The van der Waals surface area contributed by atoms with Crippen LogP contribution in [-0.2, 0) is 0 Å². The molecule has 7 heteroatoms. The number of nitrogens with zero attached hydrogens (tertiary/aromatic N) is 1. The second kappa shape index (κ2) is 6.65. The fraction of sp³-hybridized carbons (Fsp3) is 0.625. The Hall–Kier alpha value is -1.34. The van der Waals surface area contributed by atoms with Crippen molar-refractivity contribution in [2.45, 2.75) is 33.2 Å². The fourth-order valence-corrected chi connectivity index (χ4v) is 3.09. The highest BCUT2D eigenvalue weighted by atomic mass is 19.4. The molecule has 23 heavy (non-hydrogen) atoms. The van der Waals surface area contributed by atoms with Gasteiger partial charge in [0.1, 0.15) is 0 Å². The average Bonchev–Trinajstić information content (AvgIpc) is 2.40. The molecule has 0 aromatic heterocycles. The Balaban J connectivity index is 2.30. The number of nitrogens with one attached hydrogen (secondary N) is 1. The largest absolute Gasteiger partial charge is 0.573 e. The monoisotopic (exact) mass is 334 g/mol. The maximum absolute atomic E-state index is 14.0. The normalized spacial score (nSPS) is 18.7. The summed E-state index contributed by atoms with van der Waals surface area (Å²) in [4.78, 5) is 2.23. The molecular formula is C16H22F4N2O. The van der Waals surface area contributed by atoms with Crippen LogP contribution in [0.2, 0.25) is 0 Å². The van der Waals surface area contributed by atoms with E-state index in [-0.39, 0.29) is 11.5 Å². The smallest absolute Gasteiger partial charge is 0.403 e. The van der Waals surface area contributed by atoms with Crippen LogP contribution in [0.25, 0.3) is 0 Å². The molecule has 0 spiro atoms. The van der Waals surface area contributed by atoms with Crippen LogP contribution in [0.5, 0.6) is 5.75 Å². The molecule has 0 aliphatic carbocycles. The van der Waals surface area contributed by atoms with Gasteiger partial charge in [-0.25, -0.2) is 4.39 Å². The van der Waals surface area contributed by atoms with Gasteiger partial charge < -0.3 is 10.1 Å². The van der Waals surface area contributed by atoms with Gasteiger partial charge in [0, 0.05) is 32.2 Å². The Labute approximate surface area is 133 Å². The van der Waals surface area contributed by atoms with Gasteiger partial charge in [0.2, 0.25) is 0 Å². The van der Waals surface area contributed by atoms with Crippen molar-refractivity contribution in [1.82, 2.24) is 10.2 Å². The second-order valence-corrected chi connectivity index (χ2v) is 6.79. The Morgan fingerprint density at radius 1 is 1.13 bits per heavy atom. The number of alkyl halides is 3. The summed E-state index contributed by atoms with van der Waals surface area (Å²) in [7, 11) is 0. The van der Waals surface area contributed by atoms with Crippen LogP contribution in [0.15, 0.2) is 18.2 Å². The predicted octanol–water partition coefficient (Wildman–Crippen LogP) is 3.72. The molecule has 0 amide bonds. The second-order valence-electron chi connectivity index (χ2n) is 6.79. The molecule has 1 aromatic rings. The van der Waals surface area contributed by atoms with Crippen LogP contribution in [0.1, 0.15) is 32.4 Å². The lowest BCUT2D eigenvalue weighted by molar-refractivity contribution is -0.275. The van der Waals surface area contributed by atoms with Crippen molar-refractivity contribution in [3.05, 3.63) is 29.6 Å². The van der Waals surface area contributed by atoms with E-state index < -0.39 is 17.9 Å². The highest BCUT2D eigenvalue weighted by Crippen LogP contribution is 2.39. The topological polar surface area (TPSA) is 24.5 Å². The number of halogens is 4. The van der Waals surface area contributed by atoms with Gasteiger partial charge in [-0.3, -0.25) is 4.90 Å². The van der Waals surface area contributed by atoms with Crippen molar-refractivity contribution >= 4 is 0 Å². The molecular weight excluding hydrogens is 312 g/mol. The van der Waals surface area contributed by atoms with Crippen LogP contribution < -0.4 is 10.1 Å². The molecule has 1 N–H and O–H groups in total. The Bertz CT molecular complexity index is 534. The first kappa shape index (κ1) is 18.0. The van der Waals surface area contributed by atoms with E-state index in [1.54, 1.807) is 0 Å². The summed E-state index contributed by atoms with van der Waals surface area (Å²) >= 11 is 0. The van der Waals surface area contributed by atoms with E-state index in [0.717, 1.165) is 38.3 Å². The van der Waals surface area contributed by atoms with Gasteiger partial charge in [-0.2, -0.15) is 0 Å². The highest BCUT2D eigenvalue weighted by molar-refractivity contribution is 5.32. The molecule has 1 saturated heterocycles. The van der Waals surface area contributed by atoms with E-state index in [9.17, 15) is 17.6 Å². The lowest BCUT2D eigenvalue weighted by atomic mass is 9.81. The first-order valence-electron chi connectivity index (χ1n) is 7.58. The number of rotatable bonds is 3. The SMILES string of the molecule is CC(C)(C)[C@@H](c1ccc(OC(F)(F)F)c(F)c1)N1CCNCC1. The molecule has 3 nitrogen and oxygen atoms in total. The molecule has 1 atom stereocenters. The van der Waals surface area contributed by atoms with Crippen LogP contribution in [-0.4, -0.2) is 37.4 Å². The minimum Gasteiger partial charge on any atom is -0.403 e. The summed E-state index contributed by atoms with van der Waals surface area (Å²) in [5.74, 6) is -1.79. The Morgan fingerprint density at radius 3 is 2.22 bits per heavy atom. The summed E-state index contributed by atoms with van der Waals surface area (Å²) in [5, 5.41) is 3.26. The van der Waals surface area contributed by atoms with Crippen LogP contribution in [0.3, 0.4) is 0 Å². The summed E-state index contributed by atoms with van der Waals surface area (Å²) in [5.41, 5.74) is 0.474. The van der Waals surface area contributed by atoms with Gasteiger partial charge in [0.05, 0.1) is 0 Å². The lowest BCUT2D eigenvalue weighted by Gasteiger charge is -2.42. The van der Waals surface area contributed by atoms with Crippen molar-refractivity contribution in [2.24, 2.45) is 5.41 Å². The van der Waals surface area contributed by atoms with E-state index in [1.165, 1.54) is 6.07 Å². The maximum Gasteiger partial charge on any atom is 0.573 e. The van der Waals surface area contributed by atoms with Crippen molar-refractivity contribution < 1.29 is 22.3 Å². The van der Waals surface area contributed by atoms with Gasteiger partial charge >= 0.3 is 6.36 Å². The summed E-state index contributed by atoms with van der Waals surface area (Å²) in [6.45, 7) is 9.41. The number of hydrogen-bond acceptors (Lipinski definition) is 3. The molecule has 2 rings (SSSR count). The zero-order valence-corrected chi connectivity index (χ0v) is 13.5. The molecule has 1 aromatic carbocycles. The third-order valence-corrected chi connectivity index (χ3v) is 3.83. The van der Waals surface area contributed by atoms with Crippen molar-refractivity contribution in [2.75, 3.05) is 26.2 Å². The molecule has 0 bridgehead atoms. The van der Waals surface area contributed by atoms with Gasteiger partial charge in [0.15, 0.2) is 11.6 Å². The van der Waals surface area contributed by atoms with Gasteiger partial charge in [0.25, 0.3) is 0 Å². The van der Waals surface area contributed by atoms with Gasteiger partial charge in [-0.15, -0.1) is 13.2 Å². The zero-order chi connectivity index (χ0) is 17.3. The van der Waals surface area contributed by atoms with Crippen LogP contribution in [0.4, 0.5) is 17.6 Å². The lowest BCUT2D eigenvalue weighted by Crippen LogP contribution is -2.48. The number of benzene rings is 1. The Kier molecular flexibility index (Phi) is 5.20. The molecule has 1 fully saturated rings. The summed E-state index contributed by atoms with van der Waals surface area (Å²) in [6, 6.07) is 3.64. The minimum absolute atomic E-state index is 0.0842. The molecule has 1 aliphatic rings. The van der Waals surface area contributed by atoms with E-state index in [1.807, 2.05) is 20.8 Å². The molecule has 0 radical (unpaired) electrons. The molecule has 0 saturated carbocycles. The van der Waals surface area contributed by atoms with E-state index in [2.05, 4.69) is 15.0 Å². The minimum atomic E-state index is -4.90. The van der Waals surface area contributed by atoms with Gasteiger partial charge in [-0.1, -0.05) is 26.8 Å². The van der Waals surface area contributed by atoms with Crippen LogP contribution >= 0.6 is 0 Å². The Morgan fingerprint density at radius 2 is 1.74 bits per heavy atom. The predicted molar refractivity (Wildman–Crippen MR) is 79.7 cm³/mol. The van der Waals surface area contributed by atoms with Crippen molar-refractivity contribution in [3.8, 4) is 5.75 Å². The highest BCUT2D eigenvalue weighted by Gasteiger charge is 2.35. The number of hydrogen-bond donors (Lipinski definition) is 1. The van der Waals surface area contributed by atoms with Crippen molar-refractivity contribution in [1.29, 1.82) is 0 Å². The van der Waals surface area contributed by atoms with E-state index >= 15 is 0 Å². The van der Waals surface area contributed by atoms with E-state index in [4.69, 9.17) is 0 Å². The third kappa shape index (κ3) is 4.81. The van der Waals surface area contributed by atoms with Crippen molar-refractivity contribution in [3.63, 3.8) is 0 Å². The summed E-state index contributed by atoms with van der Waals surface area (Å²) < 4.78 is 54.5. The first-order chi connectivity index (χ1) is 10.6. The fourth-order valence-electron chi connectivity index (χ4n) is 3.09. The molecule has 1 heterocycles. The molecule has 1 aliphatic heterocycles. The number of ether oxygens (including phenoxy) is 1. The molecule has 130 valence electrons. The average molecular weight is 334 g/mol. The maximum atomic E-state index is 14.0. The van der Waals surface area contributed by atoms with Crippen LogP contribution in [0, 0.1) is 11.2 Å². The molecule has 0 unspecified atom stereocenters. The quantitative estimate of drug-likeness (QED) is 0.853. The third-order valence-electron chi connectivity index (χ3n) is 3.83. The first-order valence-corrected chi connectivity index (χ1v) is 7.58. The van der Waals surface area contributed by atoms with E-state index in [0.29, 0.717) is 5.56 Å².